The molecule has 0 amide bonds. The van der Waals surface area contributed by atoms with E-state index in [0.29, 0.717) is 0 Å². The van der Waals surface area contributed by atoms with Crippen LogP contribution in [0.3, 0.4) is 0 Å². The fraction of sp³-hybridized carbons (Fsp3) is 0.286. The Labute approximate surface area is 117 Å². The summed E-state index contributed by atoms with van der Waals surface area (Å²) in [6.07, 6.45) is 7.95. The van der Waals surface area contributed by atoms with E-state index in [-0.39, 0.29) is 0 Å². The van der Waals surface area contributed by atoms with Crippen molar-refractivity contribution in [1.82, 2.24) is 4.57 Å². The molecule has 1 rings (SSSR count). The molecule has 2 nitrogen and oxygen atoms in total. The maximum atomic E-state index is 4.05. The monoisotopic (exact) mass is 342 g/mol. The number of hydrogen-bond donors (Lipinski definition) is 1. The number of nitrogens with zero attached hydrogens (tertiary/aromatic N) is 1. The Morgan fingerprint density at radius 2 is 2.24 bits per heavy atom. The zero-order chi connectivity index (χ0) is 12.8. The van der Waals surface area contributed by atoms with Crippen LogP contribution in [0, 0.1) is 6.92 Å². The van der Waals surface area contributed by atoms with Crippen LogP contribution < -0.4 is 5.32 Å². The lowest BCUT2D eigenvalue weighted by Crippen LogP contribution is -2.01. The fourth-order valence-corrected chi connectivity index (χ4v) is 1.80. The predicted octanol–water partition coefficient (Wildman–Crippen LogP) is 4.94. The second-order valence-corrected chi connectivity index (χ2v) is 5.34. The molecule has 0 aliphatic rings. The number of aryl methyl sites for hydroxylation is 1. The number of nitrogens with one attached hydrogen (secondary N) is 1. The smallest absolute Gasteiger partial charge is 0.114 e. The van der Waals surface area contributed by atoms with E-state index in [2.05, 4.69) is 67.1 Å². The molecule has 0 radical (unpaired) electrons. The van der Waals surface area contributed by atoms with Gasteiger partial charge in [0.1, 0.15) is 5.82 Å². The summed E-state index contributed by atoms with van der Waals surface area (Å²) < 4.78 is 3.34. The van der Waals surface area contributed by atoms with E-state index in [9.17, 15) is 0 Å². The molecule has 0 saturated heterocycles. The second-order valence-electron chi connectivity index (χ2n) is 3.96. The molecule has 17 heavy (non-hydrogen) atoms. The van der Waals surface area contributed by atoms with Gasteiger partial charge in [-0.05, 0) is 64.5 Å². The summed E-state index contributed by atoms with van der Waals surface area (Å²) in [6.45, 7) is 12.0. The molecule has 1 aromatic heterocycles. The lowest BCUT2D eigenvalue weighted by atomic mass is 10.2. The number of halogens is 1. The van der Waals surface area contributed by atoms with Gasteiger partial charge >= 0.3 is 0 Å². The van der Waals surface area contributed by atoms with Crippen molar-refractivity contribution in [2.45, 2.75) is 26.7 Å². The molecule has 0 bridgehead atoms. The van der Waals surface area contributed by atoms with Gasteiger partial charge in [0.15, 0.2) is 0 Å². The van der Waals surface area contributed by atoms with E-state index in [4.69, 9.17) is 0 Å². The van der Waals surface area contributed by atoms with Gasteiger partial charge in [0, 0.05) is 18.1 Å². The van der Waals surface area contributed by atoms with Crippen LogP contribution in [0.1, 0.15) is 25.3 Å². The summed E-state index contributed by atoms with van der Waals surface area (Å²) in [4.78, 5) is 0. The van der Waals surface area contributed by atoms with Crippen molar-refractivity contribution in [3.8, 4) is 0 Å². The van der Waals surface area contributed by atoms with Gasteiger partial charge in [0.2, 0.25) is 0 Å². The fourth-order valence-electron chi connectivity index (χ4n) is 1.53. The molecule has 0 spiro atoms. The van der Waals surface area contributed by atoms with Crippen molar-refractivity contribution in [3.63, 3.8) is 0 Å². The summed E-state index contributed by atoms with van der Waals surface area (Å²) >= 11 is 2.36. The highest BCUT2D eigenvalue weighted by molar-refractivity contribution is 14.1. The van der Waals surface area contributed by atoms with Gasteiger partial charge in [-0.2, -0.15) is 0 Å². The van der Waals surface area contributed by atoms with Crippen LogP contribution >= 0.6 is 22.6 Å². The molecular formula is C14H19IN2. The van der Waals surface area contributed by atoms with Gasteiger partial charge in [-0.25, -0.2) is 0 Å². The van der Waals surface area contributed by atoms with E-state index in [1.54, 1.807) is 6.20 Å². The second kappa shape index (κ2) is 6.69. The van der Waals surface area contributed by atoms with Crippen LogP contribution in [0.5, 0.6) is 0 Å². The van der Waals surface area contributed by atoms with Crippen molar-refractivity contribution < 1.29 is 0 Å². The van der Waals surface area contributed by atoms with Crippen molar-refractivity contribution in [2.24, 2.45) is 0 Å². The molecule has 3 heteroatoms. The van der Waals surface area contributed by atoms with Crippen LogP contribution in [0.15, 0.2) is 40.8 Å². The summed E-state index contributed by atoms with van der Waals surface area (Å²) in [5.41, 5.74) is 2.24. The molecule has 0 unspecified atom stereocenters. The minimum Gasteiger partial charge on any atom is -0.345 e. The number of rotatable bonds is 6. The highest BCUT2D eigenvalue weighted by atomic mass is 127. The SMILES string of the molecule is C=Cn1cc(C)cc1NC(=C)CC/C(I)=C\C. The van der Waals surface area contributed by atoms with Crippen LogP contribution in [0.2, 0.25) is 0 Å². The Balaban J connectivity index is 2.58. The first-order valence-electron chi connectivity index (χ1n) is 5.63. The molecule has 1 heterocycles. The first-order valence-corrected chi connectivity index (χ1v) is 6.71. The van der Waals surface area contributed by atoms with Crippen LogP contribution in [-0.2, 0) is 0 Å². The first kappa shape index (κ1) is 14.1. The van der Waals surface area contributed by atoms with E-state index in [1.165, 1.54) is 9.14 Å². The van der Waals surface area contributed by atoms with E-state index >= 15 is 0 Å². The molecule has 0 saturated carbocycles. The van der Waals surface area contributed by atoms with Gasteiger partial charge < -0.3 is 9.88 Å². The van der Waals surface area contributed by atoms with Crippen molar-refractivity contribution in [2.75, 3.05) is 5.32 Å². The zero-order valence-electron chi connectivity index (χ0n) is 10.5. The molecular weight excluding hydrogens is 323 g/mol. The minimum absolute atomic E-state index is 0.948. The average Bonchev–Trinajstić information content (AvgIpc) is 2.66. The van der Waals surface area contributed by atoms with E-state index in [0.717, 1.165) is 24.4 Å². The molecule has 0 aliphatic heterocycles. The van der Waals surface area contributed by atoms with E-state index < -0.39 is 0 Å². The van der Waals surface area contributed by atoms with Crippen LogP contribution in [0.25, 0.3) is 6.20 Å². The molecule has 0 fully saturated rings. The normalized spacial score (nSPS) is 11.4. The Kier molecular flexibility index (Phi) is 5.55. The third kappa shape index (κ3) is 4.42. The molecule has 1 N–H and O–H groups in total. The summed E-state index contributed by atoms with van der Waals surface area (Å²) in [7, 11) is 0. The van der Waals surface area contributed by atoms with Crippen molar-refractivity contribution in [1.29, 1.82) is 0 Å². The van der Waals surface area contributed by atoms with Gasteiger partial charge in [-0.1, -0.05) is 19.2 Å². The van der Waals surface area contributed by atoms with E-state index in [1.807, 2.05) is 10.8 Å². The van der Waals surface area contributed by atoms with Crippen LogP contribution in [-0.4, -0.2) is 4.57 Å². The molecule has 92 valence electrons. The standard InChI is InChI=1S/C14H19IN2/c1-5-13(15)8-7-12(4)16-14-9-11(3)10-17(14)6-2/h5-6,9-10,16H,2,4,7-8H2,1,3H3/b13-5+. The number of allylic oxidation sites excluding steroid dienone is 3. The van der Waals surface area contributed by atoms with Crippen molar-refractivity contribution in [3.05, 3.63) is 46.3 Å². The maximum Gasteiger partial charge on any atom is 0.114 e. The van der Waals surface area contributed by atoms with Gasteiger partial charge in [0.25, 0.3) is 0 Å². The van der Waals surface area contributed by atoms with Crippen LogP contribution in [0.4, 0.5) is 5.82 Å². The summed E-state index contributed by atoms with van der Waals surface area (Å²) in [5, 5.41) is 3.33. The topological polar surface area (TPSA) is 17.0 Å². The van der Waals surface area contributed by atoms with Gasteiger partial charge in [0.05, 0.1) is 0 Å². The zero-order valence-corrected chi connectivity index (χ0v) is 12.6. The third-order valence-electron chi connectivity index (χ3n) is 2.47. The maximum absolute atomic E-state index is 4.05. The highest BCUT2D eigenvalue weighted by Crippen LogP contribution is 2.20. The summed E-state index contributed by atoms with van der Waals surface area (Å²) in [6, 6.07) is 2.09. The highest BCUT2D eigenvalue weighted by Gasteiger charge is 2.02. The quantitative estimate of drug-likeness (QED) is 0.725. The lowest BCUT2D eigenvalue weighted by molar-refractivity contribution is 0.972. The van der Waals surface area contributed by atoms with Gasteiger partial charge in [-0.3, -0.25) is 0 Å². The summed E-state index contributed by atoms with van der Waals surface area (Å²) in [5.74, 6) is 1.03. The number of aromatic nitrogens is 1. The Bertz CT molecular complexity index is 441. The predicted molar refractivity (Wildman–Crippen MR) is 85.3 cm³/mol. The Morgan fingerprint density at radius 1 is 1.53 bits per heavy atom. The minimum atomic E-state index is 0.948. The Hall–Kier alpha value is -0.970. The number of hydrogen-bond acceptors (Lipinski definition) is 1. The molecule has 0 aliphatic carbocycles. The van der Waals surface area contributed by atoms with Gasteiger partial charge in [-0.15, -0.1) is 0 Å². The first-order chi connectivity index (χ1) is 8.06. The Morgan fingerprint density at radius 3 is 2.82 bits per heavy atom. The largest absolute Gasteiger partial charge is 0.345 e. The van der Waals surface area contributed by atoms with Crippen molar-refractivity contribution >= 4 is 34.6 Å². The molecule has 0 aromatic carbocycles. The lowest BCUT2D eigenvalue weighted by Gasteiger charge is -2.10. The number of anilines is 1. The molecule has 1 aromatic rings. The molecule has 0 atom stereocenters. The third-order valence-corrected chi connectivity index (χ3v) is 3.63. The average molecular weight is 342 g/mol.